The van der Waals surface area contributed by atoms with Crippen LogP contribution in [0.15, 0.2) is 30.5 Å². The highest BCUT2D eigenvalue weighted by Crippen LogP contribution is 2.18. The minimum atomic E-state index is 0.171. The highest BCUT2D eigenvalue weighted by atomic mass is 32.1. The molecular weight excluding hydrogens is 324 g/mol. The summed E-state index contributed by atoms with van der Waals surface area (Å²) in [5.41, 5.74) is 6.65. The summed E-state index contributed by atoms with van der Waals surface area (Å²) in [5.74, 6) is 0.957. The third kappa shape index (κ3) is 4.24. The number of nitrogens with two attached hydrogens (primary N) is 1. The predicted molar refractivity (Wildman–Crippen MR) is 95.1 cm³/mol. The van der Waals surface area contributed by atoms with Gasteiger partial charge in [0.1, 0.15) is 5.75 Å². The van der Waals surface area contributed by atoms with Crippen LogP contribution in [0.1, 0.15) is 10.4 Å². The molecule has 0 aliphatic carbocycles. The summed E-state index contributed by atoms with van der Waals surface area (Å²) in [6.45, 7) is 4.13. The number of rotatable bonds is 5. The Balaban J connectivity index is 1.49. The fourth-order valence-electron chi connectivity index (χ4n) is 2.84. The number of nitrogens with zero attached hydrogens (tertiary/aromatic N) is 3. The fraction of sp³-hybridized carbons (Fsp3) is 0.412. The van der Waals surface area contributed by atoms with E-state index in [-0.39, 0.29) is 5.91 Å². The van der Waals surface area contributed by atoms with E-state index in [4.69, 9.17) is 10.5 Å². The van der Waals surface area contributed by atoms with E-state index in [0.29, 0.717) is 11.6 Å². The van der Waals surface area contributed by atoms with Gasteiger partial charge in [0.15, 0.2) is 5.13 Å². The lowest BCUT2D eigenvalue weighted by Gasteiger charge is -2.34. The average molecular weight is 346 g/mol. The van der Waals surface area contributed by atoms with E-state index in [1.807, 2.05) is 35.4 Å². The van der Waals surface area contributed by atoms with Gasteiger partial charge in [0.2, 0.25) is 5.91 Å². The van der Waals surface area contributed by atoms with Gasteiger partial charge in [0.25, 0.3) is 0 Å². The molecule has 0 bridgehead atoms. The Bertz CT molecular complexity index is 695. The number of anilines is 1. The first-order valence-corrected chi connectivity index (χ1v) is 8.79. The van der Waals surface area contributed by atoms with Crippen LogP contribution in [0.3, 0.4) is 0 Å². The second kappa shape index (κ2) is 7.63. The Hall–Kier alpha value is -2.12. The molecule has 0 radical (unpaired) electrons. The molecule has 2 heterocycles. The minimum absolute atomic E-state index is 0.171. The van der Waals surface area contributed by atoms with E-state index in [1.54, 1.807) is 7.11 Å². The van der Waals surface area contributed by atoms with Crippen LogP contribution in [0.5, 0.6) is 5.75 Å². The number of ether oxygens (including phenoxy) is 1. The largest absolute Gasteiger partial charge is 0.497 e. The molecule has 0 saturated carbocycles. The quantitative estimate of drug-likeness (QED) is 0.891. The third-order valence-electron chi connectivity index (χ3n) is 4.17. The van der Waals surface area contributed by atoms with Crippen molar-refractivity contribution in [2.24, 2.45) is 0 Å². The van der Waals surface area contributed by atoms with Crippen LogP contribution in [0.4, 0.5) is 5.13 Å². The zero-order valence-corrected chi connectivity index (χ0v) is 14.6. The smallest absolute Gasteiger partial charge is 0.227 e. The van der Waals surface area contributed by atoms with E-state index in [0.717, 1.165) is 44.0 Å². The molecule has 0 unspecified atom stereocenters. The summed E-state index contributed by atoms with van der Waals surface area (Å²) in [6.07, 6.45) is 2.25. The second-order valence-corrected chi connectivity index (χ2v) is 7.00. The van der Waals surface area contributed by atoms with Gasteiger partial charge in [-0.3, -0.25) is 9.69 Å². The van der Waals surface area contributed by atoms with Gasteiger partial charge in [-0.05, 0) is 17.7 Å². The molecular formula is C17H22N4O2S. The van der Waals surface area contributed by atoms with Crippen LogP contribution >= 0.6 is 11.3 Å². The Morgan fingerprint density at radius 3 is 2.79 bits per heavy atom. The van der Waals surface area contributed by atoms with Crippen molar-refractivity contribution in [1.82, 2.24) is 14.8 Å². The molecule has 1 aromatic carbocycles. The fourth-order valence-corrected chi connectivity index (χ4v) is 3.57. The molecule has 1 aliphatic rings. The summed E-state index contributed by atoms with van der Waals surface area (Å²) in [6, 6.07) is 7.69. The molecule has 3 rings (SSSR count). The molecule has 1 aromatic heterocycles. The van der Waals surface area contributed by atoms with Crippen molar-refractivity contribution in [3.05, 3.63) is 40.9 Å². The number of nitrogen functional groups attached to an aromatic ring is 1. The lowest BCUT2D eigenvalue weighted by molar-refractivity contribution is -0.132. The van der Waals surface area contributed by atoms with Crippen molar-refractivity contribution in [2.45, 2.75) is 13.0 Å². The SMILES string of the molecule is COc1cccc(CC(=O)N2CCN(Cc3cnc(N)s3)CC2)c1. The number of methoxy groups -OCH3 is 1. The molecule has 2 aromatic rings. The molecule has 0 spiro atoms. The average Bonchev–Trinajstić information content (AvgIpc) is 3.00. The number of piperazine rings is 1. The summed E-state index contributed by atoms with van der Waals surface area (Å²) in [5, 5.41) is 0.608. The first-order valence-electron chi connectivity index (χ1n) is 7.97. The van der Waals surface area contributed by atoms with Crippen LogP contribution in [0, 0.1) is 0 Å². The van der Waals surface area contributed by atoms with Crippen LogP contribution in [0.25, 0.3) is 0 Å². The van der Waals surface area contributed by atoms with Gasteiger partial charge in [0, 0.05) is 43.8 Å². The predicted octanol–water partition coefficient (Wildman–Crippen LogP) is 1.62. The van der Waals surface area contributed by atoms with Gasteiger partial charge >= 0.3 is 0 Å². The van der Waals surface area contributed by atoms with E-state index >= 15 is 0 Å². The maximum atomic E-state index is 12.5. The first kappa shape index (κ1) is 16.7. The Kier molecular flexibility index (Phi) is 5.32. The van der Waals surface area contributed by atoms with Gasteiger partial charge in [-0.2, -0.15) is 0 Å². The first-order chi connectivity index (χ1) is 11.6. The molecule has 24 heavy (non-hydrogen) atoms. The number of hydrogen-bond acceptors (Lipinski definition) is 6. The highest BCUT2D eigenvalue weighted by Gasteiger charge is 2.21. The highest BCUT2D eigenvalue weighted by molar-refractivity contribution is 7.15. The molecule has 2 N–H and O–H groups in total. The number of thiazole rings is 1. The maximum Gasteiger partial charge on any atom is 0.227 e. The van der Waals surface area contributed by atoms with Crippen molar-refractivity contribution in [1.29, 1.82) is 0 Å². The standard InChI is InChI=1S/C17H22N4O2S/c1-23-14-4-2-3-13(9-14)10-16(22)21-7-5-20(6-8-21)12-15-11-19-17(18)24-15/h2-4,9,11H,5-8,10,12H2,1H3,(H2,18,19). The van der Waals surface area contributed by atoms with Gasteiger partial charge in [-0.25, -0.2) is 4.98 Å². The second-order valence-electron chi connectivity index (χ2n) is 5.85. The number of aromatic nitrogens is 1. The van der Waals surface area contributed by atoms with Crippen molar-refractivity contribution in [3.8, 4) is 5.75 Å². The third-order valence-corrected chi connectivity index (χ3v) is 4.98. The Morgan fingerprint density at radius 2 is 2.12 bits per heavy atom. The number of amides is 1. The number of hydrogen-bond donors (Lipinski definition) is 1. The topological polar surface area (TPSA) is 71.7 Å². The maximum absolute atomic E-state index is 12.5. The minimum Gasteiger partial charge on any atom is -0.497 e. The molecule has 128 valence electrons. The zero-order valence-electron chi connectivity index (χ0n) is 13.8. The molecule has 0 atom stereocenters. The van der Waals surface area contributed by atoms with Crippen LogP contribution in [-0.2, 0) is 17.8 Å². The van der Waals surface area contributed by atoms with Gasteiger partial charge in [-0.1, -0.05) is 12.1 Å². The van der Waals surface area contributed by atoms with E-state index in [1.165, 1.54) is 16.2 Å². The van der Waals surface area contributed by atoms with Crippen LogP contribution < -0.4 is 10.5 Å². The molecule has 1 saturated heterocycles. The number of carbonyl (C=O) groups is 1. The number of carbonyl (C=O) groups excluding carboxylic acids is 1. The van der Waals surface area contributed by atoms with Crippen molar-refractivity contribution >= 4 is 22.4 Å². The summed E-state index contributed by atoms with van der Waals surface area (Å²) < 4.78 is 5.21. The van der Waals surface area contributed by atoms with Crippen LogP contribution in [-0.4, -0.2) is 54.0 Å². The van der Waals surface area contributed by atoms with Crippen molar-refractivity contribution in [2.75, 3.05) is 39.0 Å². The van der Waals surface area contributed by atoms with E-state index in [9.17, 15) is 4.79 Å². The van der Waals surface area contributed by atoms with Crippen LogP contribution in [0.2, 0.25) is 0 Å². The molecule has 1 amide bonds. The molecule has 7 heteroatoms. The van der Waals surface area contributed by atoms with Gasteiger partial charge < -0.3 is 15.4 Å². The zero-order chi connectivity index (χ0) is 16.9. The Labute approximate surface area is 145 Å². The number of benzene rings is 1. The molecule has 1 aliphatic heterocycles. The normalized spacial score (nSPS) is 15.5. The molecule has 6 nitrogen and oxygen atoms in total. The summed E-state index contributed by atoms with van der Waals surface area (Å²) >= 11 is 1.53. The van der Waals surface area contributed by atoms with E-state index in [2.05, 4.69) is 9.88 Å². The summed E-state index contributed by atoms with van der Waals surface area (Å²) in [4.78, 5) is 22.0. The molecule has 1 fully saturated rings. The Morgan fingerprint density at radius 1 is 1.33 bits per heavy atom. The van der Waals surface area contributed by atoms with E-state index < -0.39 is 0 Å². The van der Waals surface area contributed by atoms with Gasteiger partial charge in [0.05, 0.1) is 13.5 Å². The summed E-state index contributed by atoms with van der Waals surface area (Å²) in [7, 11) is 1.64. The van der Waals surface area contributed by atoms with Crippen molar-refractivity contribution in [3.63, 3.8) is 0 Å². The lowest BCUT2D eigenvalue weighted by Crippen LogP contribution is -2.48. The monoisotopic (exact) mass is 346 g/mol. The van der Waals surface area contributed by atoms with Gasteiger partial charge in [-0.15, -0.1) is 11.3 Å². The lowest BCUT2D eigenvalue weighted by atomic mass is 10.1. The van der Waals surface area contributed by atoms with Crippen molar-refractivity contribution < 1.29 is 9.53 Å².